The Bertz CT molecular complexity index is 697. The Morgan fingerprint density at radius 3 is 2.74 bits per heavy atom. The quantitative estimate of drug-likeness (QED) is 0.775. The average Bonchev–Trinajstić information content (AvgIpc) is 3.06. The molecule has 3 rings (SSSR count). The van der Waals surface area contributed by atoms with E-state index in [1.807, 2.05) is 4.57 Å². The molecule has 1 saturated carbocycles. The van der Waals surface area contributed by atoms with E-state index in [9.17, 15) is 4.39 Å². The molecule has 1 aliphatic carbocycles. The van der Waals surface area contributed by atoms with Gasteiger partial charge in [0.05, 0.1) is 15.5 Å². The number of H-pyrrole nitrogens is 1. The molecule has 19 heavy (non-hydrogen) atoms. The predicted octanol–water partition coefficient (Wildman–Crippen LogP) is 5.04. The molecule has 5 heteroatoms. The van der Waals surface area contributed by atoms with Crippen LogP contribution in [0.3, 0.4) is 0 Å². The van der Waals surface area contributed by atoms with E-state index < -0.39 is 0 Å². The molecule has 0 radical (unpaired) electrons. The summed E-state index contributed by atoms with van der Waals surface area (Å²) in [6.45, 7) is 5.38. The smallest absolute Gasteiger partial charge is 0.178 e. The first-order valence-corrected chi connectivity index (χ1v) is 7.71. The molecule has 0 saturated heterocycles. The maximum absolute atomic E-state index is 13.7. The summed E-state index contributed by atoms with van der Waals surface area (Å²) >= 11 is 8.60. The van der Waals surface area contributed by atoms with Gasteiger partial charge in [-0.25, -0.2) is 4.39 Å². The van der Waals surface area contributed by atoms with Gasteiger partial charge in [0, 0.05) is 12.6 Å². The summed E-state index contributed by atoms with van der Waals surface area (Å²) < 4.78 is 16.9. The maximum atomic E-state index is 13.7. The lowest BCUT2D eigenvalue weighted by molar-refractivity contribution is 0.311. The van der Waals surface area contributed by atoms with Gasteiger partial charge < -0.3 is 9.55 Å². The van der Waals surface area contributed by atoms with Crippen molar-refractivity contribution in [3.8, 4) is 0 Å². The Labute approximate surface area is 125 Å². The van der Waals surface area contributed by atoms with E-state index in [0.717, 1.165) is 17.6 Å². The van der Waals surface area contributed by atoms with Gasteiger partial charge in [0.2, 0.25) is 0 Å². The van der Waals surface area contributed by atoms with Gasteiger partial charge in [-0.2, -0.15) is 0 Å². The number of benzene rings is 1. The second kappa shape index (κ2) is 4.42. The number of imidazole rings is 1. The van der Waals surface area contributed by atoms with Crippen molar-refractivity contribution in [1.82, 2.24) is 9.55 Å². The highest BCUT2D eigenvalue weighted by Gasteiger charge is 2.45. The van der Waals surface area contributed by atoms with Crippen LogP contribution in [0.5, 0.6) is 0 Å². The van der Waals surface area contributed by atoms with Gasteiger partial charge in [-0.15, -0.1) is 0 Å². The summed E-state index contributed by atoms with van der Waals surface area (Å²) in [6.07, 6.45) is 2.47. The number of hydrogen-bond acceptors (Lipinski definition) is 1. The molecule has 1 heterocycles. The van der Waals surface area contributed by atoms with Gasteiger partial charge in [-0.3, -0.25) is 0 Å². The molecule has 0 amide bonds. The minimum absolute atomic E-state index is 0.246. The number of aromatic amines is 1. The summed E-state index contributed by atoms with van der Waals surface area (Å²) in [5.74, 6) is 0.379. The number of hydrogen-bond donors (Lipinski definition) is 1. The van der Waals surface area contributed by atoms with E-state index in [0.29, 0.717) is 20.6 Å². The Morgan fingerprint density at radius 2 is 2.16 bits per heavy atom. The molecule has 1 aliphatic rings. The third-order valence-corrected chi connectivity index (χ3v) is 5.34. The number of fused-ring (bicyclic) bond motifs is 1. The largest absolute Gasteiger partial charge is 0.331 e. The van der Waals surface area contributed by atoms with Crippen LogP contribution in [0.2, 0.25) is 0 Å². The van der Waals surface area contributed by atoms with Crippen LogP contribution in [0.25, 0.3) is 11.0 Å². The lowest BCUT2D eigenvalue weighted by Crippen LogP contribution is -2.17. The first kappa shape index (κ1) is 13.3. The van der Waals surface area contributed by atoms with Gasteiger partial charge in [0.1, 0.15) is 5.82 Å². The molecule has 1 fully saturated rings. The first-order valence-electron chi connectivity index (χ1n) is 6.50. The number of nitrogens with one attached hydrogen (secondary N) is 1. The Balaban J connectivity index is 2.11. The van der Waals surface area contributed by atoms with E-state index in [-0.39, 0.29) is 5.82 Å². The van der Waals surface area contributed by atoms with Crippen molar-refractivity contribution in [3.05, 3.63) is 27.2 Å². The van der Waals surface area contributed by atoms with Gasteiger partial charge >= 0.3 is 0 Å². The van der Waals surface area contributed by atoms with Crippen LogP contribution in [-0.2, 0) is 6.54 Å². The van der Waals surface area contributed by atoms with E-state index in [4.69, 9.17) is 12.2 Å². The van der Waals surface area contributed by atoms with Crippen LogP contribution in [0.15, 0.2) is 16.6 Å². The van der Waals surface area contributed by atoms with Crippen molar-refractivity contribution in [1.29, 1.82) is 0 Å². The maximum Gasteiger partial charge on any atom is 0.178 e. The third-order valence-electron chi connectivity index (χ3n) is 4.41. The normalized spacial score (nSPS) is 17.3. The number of nitrogens with zero attached hydrogens (tertiary/aromatic N) is 1. The van der Waals surface area contributed by atoms with Crippen LogP contribution >= 0.6 is 28.1 Å². The van der Waals surface area contributed by atoms with Crippen LogP contribution < -0.4 is 0 Å². The fourth-order valence-corrected chi connectivity index (χ4v) is 3.32. The number of rotatable bonds is 3. The second-order valence-corrected chi connectivity index (χ2v) is 7.06. The highest BCUT2D eigenvalue weighted by molar-refractivity contribution is 9.10. The summed E-state index contributed by atoms with van der Waals surface area (Å²) in [5.41, 5.74) is 2.09. The van der Waals surface area contributed by atoms with E-state index in [2.05, 4.69) is 34.8 Å². The lowest BCUT2D eigenvalue weighted by atomic mass is 9.92. The predicted molar refractivity (Wildman–Crippen MR) is 81.3 cm³/mol. The zero-order valence-corrected chi connectivity index (χ0v) is 13.4. The molecule has 1 aromatic carbocycles. The van der Waals surface area contributed by atoms with Crippen molar-refractivity contribution >= 4 is 39.2 Å². The van der Waals surface area contributed by atoms with Gasteiger partial charge in [-0.05, 0) is 58.4 Å². The summed E-state index contributed by atoms with van der Waals surface area (Å²) in [4.78, 5) is 3.17. The molecule has 2 aromatic rings. The second-order valence-electron chi connectivity index (χ2n) is 5.82. The molecule has 0 atom stereocenters. The molecule has 0 unspecified atom stereocenters. The minimum atomic E-state index is -0.246. The molecule has 0 bridgehead atoms. The summed E-state index contributed by atoms with van der Waals surface area (Å²) in [7, 11) is 0. The third kappa shape index (κ3) is 2.17. The molecular weight excluding hydrogens is 327 g/mol. The Kier molecular flexibility index (Phi) is 3.09. The molecular formula is C14H16BrFN2S. The highest BCUT2D eigenvalue weighted by atomic mass is 79.9. The average molecular weight is 343 g/mol. The minimum Gasteiger partial charge on any atom is -0.331 e. The van der Waals surface area contributed by atoms with Crippen molar-refractivity contribution in [2.24, 2.45) is 11.3 Å². The van der Waals surface area contributed by atoms with Gasteiger partial charge in [0.25, 0.3) is 0 Å². The van der Waals surface area contributed by atoms with E-state index >= 15 is 0 Å². The van der Waals surface area contributed by atoms with Crippen LogP contribution in [0, 0.1) is 21.9 Å². The fourth-order valence-electron chi connectivity index (χ4n) is 2.70. The van der Waals surface area contributed by atoms with Crippen molar-refractivity contribution < 1.29 is 4.39 Å². The SMILES string of the molecule is CC(C)C1(Cn2c(=S)[nH]c3cc(Br)c(F)cc32)CC1. The zero-order chi connectivity index (χ0) is 13.8. The molecule has 0 spiro atoms. The monoisotopic (exact) mass is 342 g/mol. The summed E-state index contributed by atoms with van der Waals surface area (Å²) in [5, 5.41) is 0. The lowest BCUT2D eigenvalue weighted by Gasteiger charge is -2.20. The van der Waals surface area contributed by atoms with Crippen LogP contribution in [-0.4, -0.2) is 9.55 Å². The molecule has 0 aliphatic heterocycles. The first-order chi connectivity index (χ1) is 8.93. The topological polar surface area (TPSA) is 20.7 Å². The van der Waals surface area contributed by atoms with E-state index in [1.54, 1.807) is 12.1 Å². The highest BCUT2D eigenvalue weighted by Crippen LogP contribution is 2.53. The molecule has 102 valence electrons. The van der Waals surface area contributed by atoms with E-state index in [1.165, 1.54) is 12.8 Å². The number of halogens is 2. The van der Waals surface area contributed by atoms with Gasteiger partial charge in [0.15, 0.2) is 4.77 Å². The van der Waals surface area contributed by atoms with Crippen molar-refractivity contribution in [3.63, 3.8) is 0 Å². The molecule has 1 aromatic heterocycles. The van der Waals surface area contributed by atoms with Crippen molar-refractivity contribution in [2.75, 3.05) is 0 Å². The Hall–Kier alpha value is -0.680. The van der Waals surface area contributed by atoms with Crippen LogP contribution in [0.4, 0.5) is 4.39 Å². The fraction of sp³-hybridized carbons (Fsp3) is 0.500. The molecule has 1 N–H and O–H groups in total. The zero-order valence-electron chi connectivity index (χ0n) is 11.0. The standard InChI is InChI=1S/C14H16BrFN2S/c1-8(2)14(3-4-14)7-18-12-6-10(16)9(15)5-11(12)17-13(18)19/h5-6,8H,3-4,7H2,1-2H3,(H,17,19). The van der Waals surface area contributed by atoms with Gasteiger partial charge in [-0.1, -0.05) is 13.8 Å². The van der Waals surface area contributed by atoms with Crippen molar-refractivity contribution in [2.45, 2.75) is 33.2 Å². The number of aromatic nitrogens is 2. The Morgan fingerprint density at radius 1 is 1.47 bits per heavy atom. The summed E-state index contributed by atoms with van der Waals surface area (Å²) in [6, 6.07) is 3.31. The molecule has 2 nitrogen and oxygen atoms in total. The van der Waals surface area contributed by atoms with Crippen LogP contribution in [0.1, 0.15) is 26.7 Å².